The zero-order chi connectivity index (χ0) is 23.0. The van der Waals surface area contributed by atoms with E-state index in [-0.39, 0.29) is 17.9 Å². The van der Waals surface area contributed by atoms with E-state index in [1.54, 1.807) is 44.2 Å². The van der Waals surface area contributed by atoms with E-state index in [9.17, 15) is 19.1 Å². The summed E-state index contributed by atoms with van der Waals surface area (Å²) in [5, 5.41) is 15.5. The fourth-order valence-corrected chi connectivity index (χ4v) is 4.23. The molecule has 0 spiro atoms. The second kappa shape index (κ2) is 8.41. The molecule has 32 heavy (non-hydrogen) atoms. The van der Waals surface area contributed by atoms with Gasteiger partial charge in [-0.3, -0.25) is 14.3 Å². The van der Waals surface area contributed by atoms with Crippen molar-refractivity contribution in [2.75, 3.05) is 6.54 Å². The molecular weight excluding hydrogens is 413 g/mol. The summed E-state index contributed by atoms with van der Waals surface area (Å²) >= 11 is 0. The Labute approximate surface area is 184 Å². The van der Waals surface area contributed by atoms with Crippen molar-refractivity contribution in [3.05, 3.63) is 76.9 Å². The number of rotatable bonds is 6. The van der Waals surface area contributed by atoms with Crippen LogP contribution in [0.1, 0.15) is 35.0 Å². The van der Waals surface area contributed by atoms with E-state index < -0.39 is 23.5 Å². The number of hydrogen-bond donors (Lipinski definition) is 1. The lowest BCUT2D eigenvalue weighted by Gasteiger charge is -2.25. The molecule has 166 valence electrons. The molecule has 1 fully saturated rings. The van der Waals surface area contributed by atoms with Crippen LogP contribution in [0.25, 0.3) is 5.76 Å². The van der Waals surface area contributed by atoms with Gasteiger partial charge in [-0.05, 0) is 38.0 Å². The summed E-state index contributed by atoms with van der Waals surface area (Å²) in [6.45, 7) is 4.35. The highest BCUT2D eigenvalue weighted by Gasteiger charge is 2.46. The first-order valence-corrected chi connectivity index (χ1v) is 10.3. The number of Topliss-reactive ketones (excluding diaryl/α,β-unsaturated/α-hetero) is 1. The Hall–Kier alpha value is -3.75. The van der Waals surface area contributed by atoms with Gasteiger partial charge in [-0.2, -0.15) is 5.10 Å². The number of nitrogens with zero attached hydrogens (tertiary/aromatic N) is 5. The number of carbonyl (C=O) groups excluding carboxylic acids is 2. The highest BCUT2D eigenvalue weighted by molar-refractivity contribution is 6.46. The molecule has 8 nitrogen and oxygen atoms in total. The lowest BCUT2D eigenvalue weighted by molar-refractivity contribution is -0.139. The molecule has 1 aromatic carbocycles. The molecule has 0 unspecified atom stereocenters. The number of amides is 1. The lowest BCUT2D eigenvalue weighted by atomic mass is 9.94. The number of aliphatic hydroxyl groups excluding tert-OH is 1. The summed E-state index contributed by atoms with van der Waals surface area (Å²) in [5.41, 5.74) is 1.97. The number of aryl methyl sites for hydroxylation is 3. The van der Waals surface area contributed by atoms with Gasteiger partial charge in [-0.15, -0.1) is 0 Å². The summed E-state index contributed by atoms with van der Waals surface area (Å²) < 4.78 is 17.5. The van der Waals surface area contributed by atoms with Crippen molar-refractivity contribution < 1.29 is 19.1 Å². The van der Waals surface area contributed by atoms with Crippen molar-refractivity contribution in [3.8, 4) is 0 Å². The number of carbonyl (C=O) groups is 2. The normalized spacial score (nSPS) is 18.0. The third-order valence-electron chi connectivity index (χ3n) is 5.82. The summed E-state index contributed by atoms with van der Waals surface area (Å²) in [5.74, 6) is -2.29. The fraction of sp³-hybridized carbons (Fsp3) is 0.304. The van der Waals surface area contributed by atoms with E-state index in [0.717, 1.165) is 0 Å². The number of aliphatic hydroxyl groups is 1. The van der Waals surface area contributed by atoms with Gasteiger partial charge in [0.05, 0.1) is 29.2 Å². The first-order chi connectivity index (χ1) is 15.3. The number of halogens is 1. The number of ketones is 1. The Kier molecular flexibility index (Phi) is 5.65. The minimum Gasteiger partial charge on any atom is -0.507 e. The SMILES string of the molecule is Cc1nn(C)c(C)c1/C(O)=C1\C(=O)C(=O)N(CCCn2ccnc2)[C@@H]1c1cccc(F)c1. The van der Waals surface area contributed by atoms with Gasteiger partial charge in [0.1, 0.15) is 11.6 Å². The van der Waals surface area contributed by atoms with Crippen molar-refractivity contribution >= 4 is 17.4 Å². The van der Waals surface area contributed by atoms with E-state index in [1.807, 2.05) is 10.8 Å². The molecule has 2 aromatic heterocycles. The van der Waals surface area contributed by atoms with E-state index in [2.05, 4.69) is 10.1 Å². The maximum atomic E-state index is 14.1. The van der Waals surface area contributed by atoms with Gasteiger partial charge >= 0.3 is 0 Å². The second-order valence-electron chi connectivity index (χ2n) is 7.87. The van der Waals surface area contributed by atoms with Gasteiger partial charge in [0.25, 0.3) is 11.7 Å². The molecule has 0 radical (unpaired) electrons. The molecule has 1 amide bonds. The van der Waals surface area contributed by atoms with Crippen LogP contribution in [-0.2, 0) is 23.2 Å². The van der Waals surface area contributed by atoms with Crippen molar-refractivity contribution in [1.29, 1.82) is 0 Å². The van der Waals surface area contributed by atoms with Crippen LogP contribution in [0.15, 0.2) is 48.6 Å². The zero-order valence-corrected chi connectivity index (χ0v) is 18.1. The molecule has 0 aliphatic carbocycles. The molecule has 1 aliphatic rings. The van der Waals surface area contributed by atoms with Crippen molar-refractivity contribution in [1.82, 2.24) is 24.2 Å². The first kappa shape index (κ1) is 21.5. The van der Waals surface area contributed by atoms with Gasteiger partial charge in [0.15, 0.2) is 0 Å². The number of benzene rings is 1. The van der Waals surface area contributed by atoms with Gasteiger partial charge in [-0.1, -0.05) is 12.1 Å². The van der Waals surface area contributed by atoms with E-state index in [4.69, 9.17) is 0 Å². The van der Waals surface area contributed by atoms with Crippen molar-refractivity contribution in [2.45, 2.75) is 32.9 Å². The minimum absolute atomic E-state index is 0.0533. The predicted molar refractivity (Wildman–Crippen MR) is 115 cm³/mol. The molecule has 1 aliphatic heterocycles. The van der Waals surface area contributed by atoms with Crippen molar-refractivity contribution in [3.63, 3.8) is 0 Å². The highest BCUT2D eigenvalue weighted by atomic mass is 19.1. The fourth-order valence-electron chi connectivity index (χ4n) is 4.23. The lowest BCUT2D eigenvalue weighted by Crippen LogP contribution is -2.31. The first-order valence-electron chi connectivity index (χ1n) is 10.3. The smallest absolute Gasteiger partial charge is 0.295 e. The average Bonchev–Trinajstić information content (AvgIpc) is 3.42. The van der Waals surface area contributed by atoms with Crippen LogP contribution >= 0.6 is 0 Å². The van der Waals surface area contributed by atoms with Crippen LogP contribution in [0.5, 0.6) is 0 Å². The molecule has 1 saturated heterocycles. The van der Waals surface area contributed by atoms with Crippen molar-refractivity contribution in [2.24, 2.45) is 7.05 Å². The van der Waals surface area contributed by atoms with Gasteiger partial charge in [0, 0.05) is 38.2 Å². The van der Waals surface area contributed by atoms with Crippen LogP contribution in [0.4, 0.5) is 4.39 Å². The Morgan fingerprint density at radius 2 is 2.00 bits per heavy atom. The second-order valence-corrected chi connectivity index (χ2v) is 7.87. The standard InChI is InChI=1S/C23H24FN5O3/c1-14-18(15(2)27(3)26-14)21(30)19-20(16-6-4-7-17(24)12-16)29(23(32)22(19)31)10-5-9-28-11-8-25-13-28/h4,6-8,11-13,20,30H,5,9-10H2,1-3H3/b21-19+/t20-/m1/s1. The van der Waals surface area contributed by atoms with E-state index in [1.165, 1.54) is 23.1 Å². The minimum atomic E-state index is -0.896. The molecule has 1 N–H and O–H groups in total. The average molecular weight is 437 g/mol. The predicted octanol–water partition coefficient (Wildman–Crippen LogP) is 2.88. The van der Waals surface area contributed by atoms with Crippen LogP contribution < -0.4 is 0 Å². The maximum Gasteiger partial charge on any atom is 0.295 e. The van der Waals surface area contributed by atoms with E-state index in [0.29, 0.717) is 35.5 Å². The summed E-state index contributed by atoms with van der Waals surface area (Å²) in [6, 6.07) is 4.86. The summed E-state index contributed by atoms with van der Waals surface area (Å²) in [4.78, 5) is 31.5. The summed E-state index contributed by atoms with van der Waals surface area (Å²) in [6.07, 6.45) is 5.70. The third kappa shape index (κ3) is 3.70. The Morgan fingerprint density at radius 3 is 2.62 bits per heavy atom. The molecular formula is C23H24FN5O3. The molecule has 0 bridgehead atoms. The third-order valence-corrected chi connectivity index (χ3v) is 5.82. The number of imidazole rings is 1. The molecule has 1 atom stereocenters. The monoisotopic (exact) mass is 437 g/mol. The van der Waals surface area contributed by atoms with E-state index >= 15 is 0 Å². The summed E-state index contributed by atoms with van der Waals surface area (Å²) in [7, 11) is 1.73. The van der Waals surface area contributed by atoms with Gasteiger partial charge in [-0.25, -0.2) is 9.37 Å². The molecule has 4 rings (SSSR count). The zero-order valence-electron chi connectivity index (χ0n) is 18.1. The Balaban J connectivity index is 1.79. The molecule has 3 aromatic rings. The molecule has 0 saturated carbocycles. The quantitative estimate of drug-likeness (QED) is 0.364. The Bertz CT molecular complexity index is 1210. The number of likely N-dealkylation sites (tertiary alicyclic amines) is 1. The largest absolute Gasteiger partial charge is 0.507 e. The van der Waals surface area contributed by atoms with Crippen LogP contribution in [-0.4, -0.2) is 47.6 Å². The van der Waals surface area contributed by atoms with Crippen LogP contribution in [0, 0.1) is 19.7 Å². The van der Waals surface area contributed by atoms with Gasteiger partial charge in [0.2, 0.25) is 0 Å². The topological polar surface area (TPSA) is 93.2 Å². The van der Waals surface area contributed by atoms with Crippen LogP contribution in [0.3, 0.4) is 0 Å². The molecule has 3 heterocycles. The molecule has 9 heteroatoms. The Morgan fingerprint density at radius 1 is 1.22 bits per heavy atom. The number of aromatic nitrogens is 4. The maximum absolute atomic E-state index is 14.1. The highest BCUT2D eigenvalue weighted by Crippen LogP contribution is 2.40. The number of hydrogen-bond acceptors (Lipinski definition) is 5. The van der Waals surface area contributed by atoms with Gasteiger partial charge < -0.3 is 14.6 Å². The van der Waals surface area contributed by atoms with Crippen LogP contribution in [0.2, 0.25) is 0 Å².